The molecule has 16 heavy (non-hydrogen) atoms. The SMILES string of the molecule is O=C(O)C(=O)C=C([O-])c1ccc(Cl)cc1.[NH4+]. The first kappa shape index (κ1) is 14.2. The van der Waals surface area contributed by atoms with E-state index in [4.69, 9.17) is 16.7 Å². The molecule has 0 fully saturated rings. The van der Waals surface area contributed by atoms with Crippen molar-refractivity contribution in [3.63, 3.8) is 0 Å². The molecule has 1 aromatic carbocycles. The van der Waals surface area contributed by atoms with Crippen LogP contribution >= 0.6 is 11.6 Å². The maximum atomic E-state index is 11.3. The van der Waals surface area contributed by atoms with E-state index in [9.17, 15) is 14.7 Å². The van der Waals surface area contributed by atoms with Crippen molar-refractivity contribution in [2.75, 3.05) is 0 Å². The fourth-order valence-corrected chi connectivity index (χ4v) is 1.00. The van der Waals surface area contributed by atoms with E-state index in [-0.39, 0.29) is 11.7 Å². The first-order valence-electron chi connectivity index (χ1n) is 3.92. The summed E-state index contributed by atoms with van der Waals surface area (Å²) in [6, 6.07) is 5.79. The van der Waals surface area contributed by atoms with Gasteiger partial charge in [0.05, 0.1) is 0 Å². The third kappa shape index (κ3) is 3.72. The monoisotopic (exact) mass is 243 g/mol. The summed E-state index contributed by atoms with van der Waals surface area (Å²) < 4.78 is 0. The number of aliphatic carboxylic acids is 1. The first-order valence-corrected chi connectivity index (χ1v) is 4.30. The number of ketones is 1. The first-order chi connectivity index (χ1) is 7.00. The van der Waals surface area contributed by atoms with E-state index in [1.165, 1.54) is 24.3 Å². The lowest BCUT2D eigenvalue weighted by Gasteiger charge is -2.10. The van der Waals surface area contributed by atoms with E-state index in [1.54, 1.807) is 0 Å². The predicted octanol–water partition coefficient (Wildman–Crippen LogP) is 1.07. The number of rotatable bonds is 3. The second kappa shape index (κ2) is 5.89. The van der Waals surface area contributed by atoms with E-state index in [2.05, 4.69) is 0 Å². The van der Waals surface area contributed by atoms with Gasteiger partial charge in [0.25, 0.3) is 5.78 Å². The number of hydrogen-bond donors (Lipinski definition) is 2. The Bertz CT molecular complexity index is 425. The maximum Gasteiger partial charge on any atom is 0.376 e. The molecule has 1 aromatic rings. The summed E-state index contributed by atoms with van der Waals surface area (Å²) in [7, 11) is 0. The molecule has 6 heteroatoms. The Labute approximate surface area is 96.6 Å². The van der Waals surface area contributed by atoms with Gasteiger partial charge in [0.1, 0.15) is 0 Å². The third-order valence-electron chi connectivity index (χ3n) is 1.60. The molecule has 0 aliphatic rings. The van der Waals surface area contributed by atoms with Crippen LogP contribution in [0.4, 0.5) is 0 Å². The number of carboxylic acid groups (broad SMARTS) is 1. The molecule has 0 aromatic heterocycles. The molecule has 86 valence electrons. The van der Waals surface area contributed by atoms with Crippen molar-refractivity contribution in [1.29, 1.82) is 0 Å². The van der Waals surface area contributed by atoms with Crippen molar-refractivity contribution in [1.82, 2.24) is 6.15 Å². The van der Waals surface area contributed by atoms with Crippen LogP contribution in [0.5, 0.6) is 0 Å². The zero-order valence-corrected chi connectivity index (χ0v) is 9.19. The number of halogens is 1. The summed E-state index contributed by atoms with van der Waals surface area (Å²) in [6.07, 6.45) is 0.533. The van der Waals surface area contributed by atoms with Gasteiger partial charge >= 0.3 is 5.97 Å². The van der Waals surface area contributed by atoms with Crippen molar-refractivity contribution in [3.8, 4) is 0 Å². The van der Waals surface area contributed by atoms with Gasteiger partial charge in [0, 0.05) is 5.02 Å². The largest absolute Gasteiger partial charge is 0.872 e. The van der Waals surface area contributed by atoms with Crippen LogP contribution in [0.15, 0.2) is 30.3 Å². The molecule has 0 heterocycles. The highest BCUT2D eigenvalue weighted by Gasteiger charge is 2.06. The fraction of sp³-hybridized carbons (Fsp3) is 0. The molecule has 5 N–H and O–H groups in total. The van der Waals surface area contributed by atoms with Gasteiger partial charge in [-0.05, 0) is 23.8 Å². The van der Waals surface area contributed by atoms with Crippen LogP contribution in [0, 0.1) is 0 Å². The van der Waals surface area contributed by atoms with E-state index in [1.807, 2.05) is 0 Å². The quantitative estimate of drug-likeness (QED) is 0.469. The molecule has 0 spiro atoms. The topological polar surface area (TPSA) is 114 Å². The Morgan fingerprint density at radius 1 is 1.25 bits per heavy atom. The van der Waals surface area contributed by atoms with Crippen molar-refractivity contribution < 1.29 is 19.8 Å². The number of quaternary nitrogens is 1. The third-order valence-corrected chi connectivity index (χ3v) is 1.85. The number of carbonyl (C=O) groups excluding carboxylic acids is 1. The lowest BCUT2D eigenvalue weighted by atomic mass is 10.1. The lowest BCUT2D eigenvalue weighted by molar-refractivity contribution is -0.243. The molecule has 0 radical (unpaired) electrons. The zero-order chi connectivity index (χ0) is 11.4. The van der Waals surface area contributed by atoms with Crippen molar-refractivity contribution in [2.45, 2.75) is 0 Å². The van der Waals surface area contributed by atoms with Crippen LogP contribution in [-0.2, 0) is 9.59 Å². The molecular weight excluding hydrogens is 234 g/mol. The molecule has 0 bridgehead atoms. The molecule has 0 amide bonds. The minimum Gasteiger partial charge on any atom is -0.872 e. The molecule has 5 nitrogen and oxygen atoms in total. The van der Waals surface area contributed by atoms with Crippen molar-refractivity contribution in [2.24, 2.45) is 0 Å². The van der Waals surface area contributed by atoms with E-state index >= 15 is 0 Å². The molecule has 0 aliphatic heterocycles. The normalized spacial score (nSPS) is 10.4. The van der Waals surface area contributed by atoms with Gasteiger partial charge in [-0.15, -0.1) is 0 Å². The van der Waals surface area contributed by atoms with Crippen LogP contribution in [0.25, 0.3) is 5.76 Å². The standard InChI is InChI=1S/C10H7ClO4.H3N/c11-7-3-1-6(2-4-7)8(12)5-9(13)10(14)15;/h1-5,12H,(H,14,15);1H3. The average molecular weight is 244 g/mol. The molecule has 0 saturated carbocycles. The minimum atomic E-state index is -1.66. The van der Waals surface area contributed by atoms with E-state index in [0.717, 1.165) is 0 Å². The van der Waals surface area contributed by atoms with Crippen LogP contribution in [0.2, 0.25) is 5.02 Å². The Morgan fingerprint density at radius 3 is 2.19 bits per heavy atom. The van der Waals surface area contributed by atoms with E-state index in [0.29, 0.717) is 11.1 Å². The molecule has 0 saturated heterocycles. The van der Waals surface area contributed by atoms with Gasteiger partial charge in [-0.25, -0.2) is 4.79 Å². The second-order valence-corrected chi connectivity index (χ2v) is 3.12. The Morgan fingerprint density at radius 2 is 1.75 bits per heavy atom. The number of hydrogen-bond acceptors (Lipinski definition) is 3. The highest BCUT2D eigenvalue weighted by Crippen LogP contribution is 2.13. The Kier molecular flexibility index (Phi) is 5.21. The molecule has 1 rings (SSSR count). The van der Waals surface area contributed by atoms with Gasteiger partial charge in [-0.2, -0.15) is 0 Å². The Balaban J connectivity index is 0.00000225. The number of carboxylic acids is 1. The van der Waals surface area contributed by atoms with Crippen LogP contribution in [0.3, 0.4) is 0 Å². The Hall–Kier alpha value is -1.85. The van der Waals surface area contributed by atoms with Crippen LogP contribution < -0.4 is 11.3 Å². The number of carbonyl (C=O) groups is 2. The smallest absolute Gasteiger partial charge is 0.376 e. The highest BCUT2D eigenvalue weighted by atomic mass is 35.5. The summed E-state index contributed by atoms with van der Waals surface area (Å²) in [6.45, 7) is 0. The average Bonchev–Trinajstić information content (AvgIpc) is 2.18. The van der Waals surface area contributed by atoms with Gasteiger partial charge in [-0.1, -0.05) is 29.5 Å². The van der Waals surface area contributed by atoms with Gasteiger partial charge in [0.2, 0.25) is 0 Å². The van der Waals surface area contributed by atoms with Crippen LogP contribution in [0.1, 0.15) is 5.56 Å². The van der Waals surface area contributed by atoms with Gasteiger partial charge < -0.3 is 16.4 Å². The summed E-state index contributed by atoms with van der Waals surface area (Å²) >= 11 is 5.59. The predicted molar refractivity (Wildman–Crippen MR) is 58.1 cm³/mol. The molecule has 0 unspecified atom stereocenters. The highest BCUT2D eigenvalue weighted by molar-refractivity contribution is 6.38. The summed E-state index contributed by atoms with van der Waals surface area (Å²) in [5.41, 5.74) is 0.217. The summed E-state index contributed by atoms with van der Waals surface area (Å²) in [5.74, 6) is -3.55. The fourth-order valence-electron chi connectivity index (χ4n) is 0.878. The molecule has 0 aliphatic carbocycles. The van der Waals surface area contributed by atoms with Crippen molar-refractivity contribution >= 4 is 29.1 Å². The molecule has 0 atom stereocenters. The van der Waals surface area contributed by atoms with Crippen molar-refractivity contribution in [3.05, 3.63) is 40.9 Å². The second-order valence-electron chi connectivity index (χ2n) is 2.68. The lowest BCUT2D eigenvalue weighted by Crippen LogP contribution is -2.13. The van der Waals surface area contributed by atoms with Gasteiger partial charge in [-0.3, -0.25) is 4.79 Å². The molecular formula is C10H10ClNO4. The number of benzene rings is 1. The minimum absolute atomic E-state index is 0. The van der Waals surface area contributed by atoms with Crippen LogP contribution in [-0.4, -0.2) is 16.9 Å². The summed E-state index contributed by atoms with van der Waals surface area (Å²) in [5, 5.41) is 20.0. The zero-order valence-electron chi connectivity index (χ0n) is 8.44. The van der Waals surface area contributed by atoms with E-state index < -0.39 is 17.5 Å². The summed E-state index contributed by atoms with van der Waals surface area (Å²) in [4.78, 5) is 20.9. The van der Waals surface area contributed by atoms with Gasteiger partial charge in [0.15, 0.2) is 0 Å². The maximum absolute atomic E-state index is 11.3.